The summed E-state index contributed by atoms with van der Waals surface area (Å²) < 4.78 is 0. The van der Waals surface area contributed by atoms with Crippen molar-refractivity contribution in [2.45, 2.75) is 45.1 Å². The summed E-state index contributed by atoms with van der Waals surface area (Å²) in [7, 11) is 0. The molecular formula is C17H25N5S. The van der Waals surface area contributed by atoms with Gasteiger partial charge in [0.25, 0.3) is 0 Å². The molecule has 1 unspecified atom stereocenters. The van der Waals surface area contributed by atoms with Gasteiger partial charge in [0, 0.05) is 24.0 Å². The van der Waals surface area contributed by atoms with Crippen molar-refractivity contribution in [3.63, 3.8) is 0 Å². The number of rotatable bonds is 6. The third-order valence-corrected chi connectivity index (χ3v) is 5.41. The van der Waals surface area contributed by atoms with Crippen LogP contribution in [0.2, 0.25) is 0 Å². The van der Waals surface area contributed by atoms with Crippen LogP contribution in [0.15, 0.2) is 23.8 Å². The Balaban J connectivity index is 1.70. The molecule has 3 rings (SSSR count). The molecule has 1 atom stereocenters. The van der Waals surface area contributed by atoms with Gasteiger partial charge in [-0.1, -0.05) is 13.0 Å². The van der Waals surface area contributed by atoms with Gasteiger partial charge in [0.05, 0.1) is 0 Å². The Morgan fingerprint density at radius 2 is 2.30 bits per heavy atom. The van der Waals surface area contributed by atoms with Gasteiger partial charge >= 0.3 is 0 Å². The number of piperidine rings is 1. The number of anilines is 3. The van der Waals surface area contributed by atoms with Crippen molar-refractivity contribution in [3.8, 4) is 0 Å². The van der Waals surface area contributed by atoms with E-state index >= 15 is 0 Å². The van der Waals surface area contributed by atoms with Crippen LogP contribution in [0.25, 0.3) is 0 Å². The van der Waals surface area contributed by atoms with Gasteiger partial charge in [-0.2, -0.15) is 0 Å². The van der Waals surface area contributed by atoms with Crippen molar-refractivity contribution in [1.29, 1.82) is 0 Å². The molecule has 3 heterocycles. The quantitative estimate of drug-likeness (QED) is 0.847. The van der Waals surface area contributed by atoms with Gasteiger partial charge in [-0.25, -0.2) is 9.97 Å². The molecule has 124 valence electrons. The van der Waals surface area contributed by atoms with Crippen molar-refractivity contribution in [3.05, 3.63) is 28.7 Å². The summed E-state index contributed by atoms with van der Waals surface area (Å²) in [4.78, 5) is 12.5. The number of nitrogens with zero attached hydrogens (tertiary/aromatic N) is 3. The minimum Gasteiger partial charge on any atom is -0.393 e. The van der Waals surface area contributed by atoms with E-state index in [0.29, 0.717) is 11.7 Å². The van der Waals surface area contributed by atoms with Crippen LogP contribution in [0.3, 0.4) is 0 Å². The molecule has 0 amide bonds. The molecule has 0 aliphatic carbocycles. The fourth-order valence-corrected chi connectivity index (χ4v) is 3.93. The average Bonchev–Trinajstić information content (AvgIpc) is 3.10. The Morgan fingerprint density at radius 1 is 1.39 bits per heavy atom. The lowest BCUT2D eigenvalue weighted by molar-refractivity contribution is 0.447. The molecule has 2 aromatic heterocycles. The molecule has 6 heteroatoms. The highest BCUT2D eigenvalue weighted by Gasteiger charge is 2.24. The predicted octanol–water partition coefficient (Wildman–Crippen LogP) is 3.54. The Hall–Kier alpha value is -1.82. The number of hydrogen-bond acceptors (Lipinski definition) is 6. The summed E-state index contributed by atoms with van der Waals surface area (Å²) in [6, 6.07) is 4.78. The highest BCUT2D eigenvalue weighted by Crippen LogP contribution is 2.32. The van der Waals surface area contributed by atoms with Crippen LogP contribution >= 0.6 is 11.3 Å². The maximum atomic E-state index is 6.36. The molecule has 1 aliphatic heterocycles. The minimum atomic E-state index is 0.542. The first-order chi connectivity index (χ1) is 11.3. The number of hydrogen-bond donors (Lipinski definition) is 2. The summed E-state index contributed by atoms with van der Waals surface area (Å²) in [5.41, 5.74) is 7.04. The Bertz CT molecular complexity index is 613. The fraction of sp³-hybridized carbons (Fsp3) is 0.529. The summed E-state index contributed by atoms with van der Waals surface area (Å²) >= 11 is 1.78. The largest absolute Gasteiger partial charge is 0.393 e. The number of nitrogens with one attached hydrogen (secondary N) is 1. The second kappa shape index (κ2) is 7.64. The highest BCUT2D eigenvalue weighted by atomic mass is 32.1. The molecule has 0 aromatic carbocycles. The summed E-state index contributed by atoms with van der Waals surface area (Å²) in [6.07, 6.45) is 7.47. The van der Waals surface area contributed by atoms with Gasteiger partial charge in [-0.05, 0) is 43.6 Å². The molecular weight excluding hydrogens is 306 g/mol. The van der Waals surface area contributed by atoms with Crippen molar-refractivity contribution < 1.29 is 0 Å². The fourth-order valence-electron chi connectivity index (χ4n) is 3.22. The maximum Gasteiger partial charge on any atom is 0.157 e. The smallest absolute Gasteiger partial charge is 0.157 e. The summed E-state index contributed by atoms with van der Waals surface area (Å²) in [5, 5.41) is 5.47. The van der Waals surface area contributed by atoms with Crippen LogP contribution in [-0.2, 0) is 6.42 Å². The molecule has 0 radical (unpaired) electrons. The highest BCUT2D eigenvalue weighted by molar-refractivity contribution is 7.09. The molecule has 2 aromatic rings. The number of nitrogens with two attached hydrogens (primary N) is 1. The van der Waals surface area contributed by atoms with E-state index in [1.165, 1.54) is 24.1 Å². The lowest BCUT2D eigenvalue weighted by Gasteiger charge is -2.36. The Labute approximate surface area is 141 Å². The van der Waals surface area contributed by atoms with Crippen molar-refractivity contribution >= 4 is 28.7 Å². The molecule has 1 aliphatic rings. The van der Waals surface area contributed by atoms with Gasteiger partial charge in [0.15, 0.2) is 11.6 Å². The van der Waals surface area contributed by atoms with Crippen molar-refractivity contribution in [2.75, 3.05) is 29.0 Å². The molecule has 1 fully saturated rings. The van der Waals surface area contributed by atoms with Crippen molar-refractivity contribution in [2.24, 2.45) is 0 Å². The maximum absolute atomic E-state index is 6.36. The third-order valence-electron chi connectivity index (χ3n) is 4.48. The van der Waals surface area contributed by atoms with Gasteiger partial charge < -0.3 is 16.0 Å². The van der Waals surface area contributed by atoms with E-state index in [0.717, 1.165) is 37.6 Å². The van der Waals surface area contributed by atoms with E-state index < -0.39 is 0 Å². The number of nitrogen functional groups attached to an aromatic ring is 1. The predicted molar refractivity (Wildman–Crippen MR) is 98.2 cm³/mol. The molecule has 0 bridgehead atoms. The van der Waals surface area contributed by atoms with E-state index in [2.05, 4.69) is 44.6 Å². The first kappa shape index (κ1) is 16.1. The van der Waals surface area contributed by atoms with Crippen LogP contribution in [0.1, 0.15) is 37.5 Å². The average molecular weight is 331 g/mol. The summed E-state index contributed by atoms with van der Waals surface area (Å²) in [6.45, 7) is 4.10. The van der Waals surface area contributed by atoms with Crippen LogP contribution in [0.5, 0.6) is 0 Å². The standard InChI is InChI=1S/C17H25N5S/c1-2-13-6-3-4-10-22(13)17-15(18)16(20-12-21-17)19-9-8-14-7-5-11-23-14/h5,7,11-13H,2-4,6,8-10,18H2,1H3,(H,19,20,21). The third kappa shape index (κ3) is 3.75. The SMILES string of the molecule is CCC1CCCCN1c1ncnc(NCCc2cccs2)c1N. The number of aromatic nitrogens is 2. The monoisotopic (exact) mass is 331 g/mol. The molecule has 1 saturated heterocycles. The number of thiophene rings is 1. The first-order valence-corrected chi connectivity index (χ1v) is 9.31. The van der Waals surface area contributed by atoms with Crippen LogP contribution < -0.4 is 16.0 Å². The first-order valence-electron chi connectivity index (χ1n) is 8.43. The molecule has 5 nitrogen and oxygen atoms in total. The molecule has 3 N–H and O–H groups in total. The van der Waals surface area contributed by atoms with E-state index in [1.807, 2.05) is 0 Å². The van der Waals surface area contributed by atoms with E-state index in [-0.39, 0.29) is 0 Å². The zero-order valence-electron chi connectivity index (χ0n) is 13.7. The second-order valence-corrected chi connectivity index (χ2v) is 7.00. The topological polar surface area (TPSA) is 67.1 Å². The zero-order chi connectivity index (χ0) is 16.1. The second-order valence-electron chi connectivity index (χ2n) is 5.97. The molecule has 23 heavy (non-hydrogen) atoms. The van der Waals surface area contributed by atoms with Crippen LogP contribution in [-0.4, -0.2) is 29.1 Å². The van der Waals surface area contributed by atoms with E-state index in [9.17, 15) is 0 Å². The Kier molecular flexibility index (Phi) is 5.33. The van der Waals surface area contributed by atoms with Crippen LogP contribution in [0, 0.1) is 0 Å². The van der Waals surface area contributed by atoms with Gasteiger partial charge in [0.2, 0.25) is 0 Å². The van der Waals surface area contributed by atoms with Gasteiger partial charge in [-0.3, -0.25) is 0 Å². The Morgan fingerprint density at radius 3 is 3.09 bits per heavy atom. The van der Waals surface area contributed by atoms with Gasteiger partial charge in [0.1, 0.15) is 12.0 Å². The van der Waals surface area contributed by atoms with Crippen LogP contribution in [0.4, 0.5) is 17.3 Å². The summed E-state index contributed by atoms with van der Waals surface area (Å²) in [5.74, 6) is 1.65. The normalized spacial score (nSPS) is 18.1. The van der Waals surface area contributed by atoms with Crippen molar-refractivity contribution in [1.82, 2.24) is 9.97 Å². The van der Waals surface area contributed by atoms with E-state index in [4.69, 9.17) is 5.73 Å². The molecule has 0 saturated carbocycles. The lowest BCUT2D eigenvalue weighted by atomic mass is 10.00. The van der Waals surface area contributed by atoms with Gasteiger partial charge in [-0.15, -0.1) is 11.3 Å². The lowest BCUT2D eigenvalue weighted by Crippen LogP contribution is -2.40. The minimum absolute atomic E-state index is 0.542. The van der Waals surface area contributed by atoms with E-state index in [1.54, 1.807) is 17.7 Å². The molecule has 0 spiro atoms. The zero-order valence-corrected chi connectivity index (χ0v) is 14.5.